The molecule has 0 aliphatic rings. The molecule has 98 valence electrons. The zero-order valence-electron chi connectivity index (χ0n) is 11.0. The Hall–Kier alpha value is -2.30. The minimum atomic E-state index is 0.582. The molecule has 0 radical (unpaired) electrons. The highest BCUT2D eigenvalue weighted by atomic mass is 16.5. The van der Waals surface area contributed by atoms with Crippen molar-refractivity contribution in [2.75, 3.05) is 6.61 Å². The lowest BCUT2D eigenvalue weighted by atomic mass is 10.2. The first-order valence-corrected chi connectivity index (χ1v) is 6.27. The quantitative estimate of drug-likeness (QED) is 0.721. The molecule has 0 amide bonds. The van der Waals surface area contributed by atoms with E-state index in [2.05, 4.69) is 20.8 Å². The molecule has 0 saturated carbocycles. The van der Waals surface area contributed by atoms with E-state index in [1.54, 1.807) is 0 Å². The van der Waals surface area contributed by atoms with E-state index in [9.17, 15) is 0 Å². The molecule has 5 nitrogen and oxygen atoms in total. The van der Waals surface area contributed by atoms with Crippen molar-refractivity contribution < 1.29 is 9.26 Å². The molecule has 3 aromatic rings. The fourth-order valence-electron chi connectivity index (χ4n) is 2.12. The second-order valence-corrected chi connectivity index (χ2v) is 4.33. The van der Waals surface area contributed by atoms with Crippen molar-refractivity contribution in [1.82, 2.24) is 14.7 Å². The molecule has 3 rings (SSSR count). The van der Waals surface area contributed by atoms with E-state index >= 15 is 0 Å². The third-order valence-corrected chi connectivity index (χ3v) is 2.93. The summed E-state index contributed by atoms with van der Waals surface area (Å²) in [6.07, 6.45) is 2.01. The zero-order chi connectivity index (χ0) is 13.2. The standard InChI is InChI=1S/C14H15N3O2/c1-3-18-12-4-5-13-11(8-12)6-7-17(13)9-14-15-10(2)16-19-14/h4-8H,3,9H2,1-2H3. The van der Waals surface area contributed by atoms with Crippen molar-refractivity contribution in [3.63, 3.8) is 0 Å². The highest BCUT2D eigenvalue weighted by Crippen LogP contribution is 2.22. The Morgan fingerprint density at radius 1 is 1.32 bits per heavy atom. The number of aryl methyl sites for hydroxylation is 1. The lowest BCUT2D eigenvalue weighted by molar-refractivity contribution is 0.340. The number of fused-ring (bicyclic) bond motifs is 1. The van der Waals surface area contributed by atoms with Crippen LogP contribution in [0.1, 0.15) is 18.6 Å². The maximum Gasteiger partial charge on any atom is 0.246 e. The van der Waals surface area contributed by atoms with Crippen LogP contribution in [0.3, 0.4) is 0 Å². The van der Waals surface area contributed by atoms with Gasteiger partial charge < -0.3 is 13.8 Å². The minimum Gasteiger partial charge on any atom is -0.494 e. The highest BCUT2D eigenvalue weighted by Gasteiger charge is 2.07. The fraction of sp³-hybridized carbons (Fsp3) is 0.286. The van der Waals surface area contributed by atoms with Crippen molar-refractivity contribution in [2.45, 2.75) is 20.4 Å². The molecule has 5 heteroatoms. The molecule has 0 fully saturated rings. The fourth-order valence-corrected chi connectivity index (χ4v) is 2.12. The summed E-state index contributed by atoms with van der Waals surface area (Å²) in [5, 5.41) is 4.94. The summed E-state index contributed by atoms with van der Waals surface area (Å²) in [5.74, 6) is 2.16. The summed E-state index contributed by atoms with van der Waals surface area (Å²) >= 11 is 0. The zero-order valence-corrected chi connectivity index (χ0v) is 11.0. The van der Waals surface area contributed by atoms with Gasteiger partial charge in [0.25, 0.3) is 0 Å². The molecule has 0 atom stereocenters. The van der Waals surface area contributed by atoms with Crippen LogP contribution in [-0.4, -0.2) is 21.3 Å². The topological polar surface area (TPSA) is 53.1 Å². The Balaban J connectivity index is 1.92. The molecule has 0 N–H and O–H groups in total. The van der Waals surface area contributed by atoms with Gasteiger partial charge in [-0.2, -0.15) is 4.98 Å². The van der Waals surface area contributed by atoms with Gasteiger partial charge in [-0.3, -0.25) is 0 Å². The van der Waals surface area contributed by atoms with E-state index < -0.39 is 0 Å². The number of benzene rings is 1. The lowest BCUT2D eigenvalue weighted by Gasteiger charge is -2.04. The van der Waals surface area contributed by atoms with Crippen LogP contribution >= 0.6 is 0 Å². The SMILES string of the molecule is CCOc1ccc2c(ccn2Cc2nc(C)no2)c1. The van der Waals surface area contributed by atoms with E-state index in [1.807, 2.05) is 38.2 Å². The molecule has 0 unspecified atom stereocenters. The molecular formula is C14H15N3O2. The van der Waals surface area contributed by atoms with E-state index in [4.69, 9.17) is 9.26 Å². The molecule has 0 spiro atoms. The van der Waals surface area contributed by atoms with Gasteiger partial charge in [-0.15, -0.1) is 0 Å². The first-order valence-electron chi connectivity index (χ1n) is 6.27. The van der Waals surface area contributed by atoms with Crippen LogP contribution in [0.2, 0.25) is 0 Å². The van der Waals surface area contributed by atoms with Gasteiger partial charge in [0.15, 0.2) is 5.82 Å². The first kappa shape index (κ1) is 11.8. The first-order chi connectivity index (χ1) is 9.26. The van der Waals surface area contributed by atoms with Crippen LogP contribution < -0.4 is 4.74 Å². The summed E-state index contributed by atoms with van der Waals surface area (Å²) in [6.45, 7) is 5.05. The number of hydrogen-bond donors (Lipinski definition) is 0. The van der Waals surface area contributed by atoms with Crippen LogP contribution in [0.25, 0.3) is 10.9 Å². The van der Waals surface area contributed by atoms with Gasteiger partial charge in [-0.05, 0) is 38.1 Å². The van der Waals surface area contributed by atoms with Gasteiger partial charge in [-0.1, -0.05) is 5.16 Å². The summed E-state index contributed by atoms with van der Waals surface area (Å²) in [4.78, 5) is 4.22. The van der Waals surface area contributed by atoms with Crippen LogP contribution in [0.5, 0.6) is 5.75 Å². The Kier molecular flexibility index (Phi) is 2.95. The van der Waals surface area contributed by atoms with E-state index in [0.29, 0.717) is 24.9 Å². The Morgan fingerprint density at radius 2 is 2.21 bits per heavy atom. The number of nitrogens with zero attached hydrogens (tertiary/aromatic N) is 3. The average Bonchev–Trinajstić information content (AvgIpc) is 2.97. The Morgan fingerprint density at radius 3 is 2.95 bits per heavy atom. The van der Waals surface area contributed by atoms with Crippen molar-refractivity contribution in [3.05, 3.63) is 42.2 Å². The van der Waals surface area contributed by atoms with Crippen LogP contribution in [-0.2, 0) is 6.54 Å². The van der Waals surface area contributed by atoms with Crippen molar-refractivity contribution >= 4 is 10.9 Å². The van der Waals surface area contributed by atoms with Crippen molar-refractivity contribution in [3.8, 4) is 5.75 Å². The van der Waals surface area contributed by atoms with Crippen LogP contribution in [0, 0.1) is 6.92 Å². The van der Waals surface area contributed by atoms with E-state index in [-0.39, 0.29) is 0 Å². The van der Waals surface area contributed by atoms with Crippen LogP contribution in [0.4, 0.5) is 0 Å². The summed E-state index contributed by atoms with van der Waals surface area (Å²) in [5.41, 5.74) is 1.12. The van der Waals surface area contributed by atoms with Gasteiger partial charge in [0.05, 0.1) is 6.61 Å². The van der Waals surface area contributed by atoms with Crippen molar-refractivity contribution in [1.29, 1.82) is 0 Å². The maximum absolute atomic E-state index is 5.49. The van der Waals surface area contributed by atoms with E-state index in [1.165, 1.54) is 0 Å². The third-order valence-electron chi connectivity index (χ3n) is 2.93. The number of ether oxygens (including phenoxy) is 1. The summed E-state index contributed by atoms with van der Waals surface area (Å²) in [6, 6.07) is 8.11. The molecule has 2 aromatic heterocycles. The Bertz CT molecular complexity index is 700. The predicted octanol–water partition coefficient (Wildman–Crippen LogP) is 2.78. The monoisotopic (exact) mass is 257 g/mol. The average molecular weight is 257 g/mol. The largest absolute Gasteiger partial charge is 0.494 e. The molecule has 1 aromatic carbocycles. The molecular weight excluding hydrogens is 242 g/mol. The highest BCUT2D eigenvalue weighted by molar-refractivity contribution is 5.81. The molecule has 0 aliphatic carbocycles. The van der Waals surface area contributed by atoms with Gasteiger partial charge in [0.2, 0.25) is 5.89 Å². The van der Waals surface area contributed by atoms with Gasteiger partial charge in [0.1, 0.15) is 12.3 Å². The smallest absolute Gasteiger partial charge is 0.246 e. The van der Waals surface area contributed by atoms with Crippen molar-refractivity contribution in [2.24, 2.45) is 0 Å². The molecule has 0 bridgehead atoms. The van der Waals surface area contributed by atoms with Gasteiger partial charge >= 0.3 is 0 Å². The molecule has 0 aliphatic heterocycles. The summed E-state index contributed by atoms with van der Waals surface area (Å²) < 4.78 is 12.7. The number of aromatic nitrogens is 3. The minimum absolute atomic E-state index is 0.582. The second kappa shape index (κ2) is 4.76. The molecule has 2 heterocycles. The Labute approximate surface area is 110 Å². The van der Waals surface area contributed by atoms with Crippen LogP contribution in [0.15, 0.2) is 35.0 Å². The number of hydrogen-bond acceptors (Lipinski definition) is 4. The lowest BCUT2D eigenvalue weighted by Crippen LogP contribution is -1.98. The summed E-state index contributed by atoms with van der Waals surface area (Å²) in [7, 11) is 0. The number of rotatable bonds is 4. The van der Waals surface area contributed by atoms with E-state index in [0.717, 1.165) is 16.7 Å². The normalized spacial score (nSPS) is 11.1. The second-order valence-electron chi connectivity index (χ2n) is 4.33. The third kappa shape index (κ3) is 2.31. The predicted molar refractivity (Wildman–Crippen MR) is 71.2 cm³/mol. The maximum atomic E-state index is 5.49. The molecule has 19 heavy (non-hydrogen) atoms. The van der Waals surface area contributed by atoms with Gasteiger partial charge in [-0.25, -0.2) is 0 Å². The van der Waals surface area contributed by atoms with Gasteiger partial charge in [0, 0.05) is 17.1 Å². The molecule has 0 saturated heterocycles.